The minimum atomic E-state index is -0.289. The van der Waals surface area contributed by atoms with E-state index in [1.807, 2.05) is 41.2 Å². The highest BCUT2D eigenvalue weighted by atomic mass is 35.5. The van der Waals surface area contributed by atoms with Gasteiger partial charge in [-0.1, -0.05) is 29.8 Å². The molecule has 8 heteroatoms. The van der Waals surface area contributed by atoms with E-state index < -0.39 is 0 Å². The maximum absolute atomic E-state index is 12.5. The Labute approximate surface area is 172 Å². The quantitative estimate of drug-likeness (QED) is 0.501. The first kappa shape index (κ1) is 18.8. The maximum Gasteiger partial charge on any atom is 0.276 e. The highest BCUT2D eigenvalue weighted by molar-refractivity contribution is 6.30. The molecule has 2 aromatic heterocycles. The fourth-order valence-corrected chi connectivity index (χ4v) is 2.96. The van der Waals surface area contributed by atoms with Crippen LogP contribution in [0.3, 0.4) is 0 Å². The first-order valence-electron chi connectivity index (χ1n) is 8.95. The van der Waals surface area contributed by atoms with Crippen LogP contribution >= 0.6 is 11.6 Å². The lowest BCUT2D eigenvalue weighted by molar-refractivity contribution is 0.102. The van der Waals surface area contributed by atoms with Crippen molar-refractivity contribution in [1.82, 2.24) is 19.6 Å². The second-order valence-electron chi connectivity index (χ2n) is 6.33. The zero-order valence-electron chi connectivity index (χ0n) is 15.4. The van der Waals surface area contributed by atoms with E-state index in [2.05, 4.69) is 15.5 Å². The lowest BCUT2D eigenvalue weighted by atomic mass is 10.2. The van der Waals surface area contributed by atoms with Crippen LogP contribution in [-0.4, -0.2) is 25.5 Å². The number of anilines is 1. The number of nitrogens with one attached hydrogen (secondary N) is 1. The Morgan fingerprint density at radius 3 is 2.76 bits per heavy atom. The van der Waals surface area contributed by atoms with Crippen LogP contribution in [0, 0.1) is 0 Å². The van der Waals surface area contributed by atoms with Crippen molar-refractivity contribution >= 4 is 23.2 Å². The van der Waals surface area contributed by atoms with Gasteiger partial charge >= 0.3 is 0 Å². The van der Waals surface area contributed by atoms with Crippen molar-refractivity contribution < 1.29 is 9.53 Å². The van der Waals surface area contributed by atoms with E-state index in [4.69, 9.17) is 16.3 Å². The molecule has 0 aliphatic carbocycles. The topological polar surface area (TPSA) is 74.0 Å². The SMILES string of the molecule is O=C(Nc1cccc(Cn2cccn2)c1)c1ccn(COc2cccc(Cl)c2)n1. The molecule has 0 saturated heterocycles. The number of aromatic nitrogens is 4. The van der Waals surface area contributed by atoms with Crippen molar-refractivity contribution in [3.8, 4) is 5.75 Å². The van der Waals surface area contributed by atoms with Crippen LogP contribution in [0.15, 0.2) is 79.3 Å². The third-order valence-electron chi connectivity index (χ3n) is 4.12. The van der Waals surface area contributed by atoms with Gasteiger partial charge in [-0.3, -0.25) is 9.48 Å². The van der Waals surface area contributed by atoms with Crippen LogP contribution in [0.4, 0.5) is 5.69 Å². The van der Waals surface area contributed by atoms with E-state index in [1.165, 1.54) is 0 Å². The van der Waals surface area contributed by atoms with Gasteiger partial charge in [-0.25, -0.2) is 4.68 Å². The molecular weight excluding hydrogens is 390 g/mol. The number of carbonyl (C=O) groups is 1. The molecule has 0 fully saturated rings. The van der Waals surface area contributed by atoms with E-state index in [0.717, 1.165) is 5.56 Å². The van der Waals surface area contributed by atoms with Gasteiger partial charge in [0.05, 0.1) is 6.54 Å². The first-order valence-corrected chi connectivity index (χ1v) is 9.33. The van der Waals surface area contributed by atoms with E-state index in [1.54, 1.807) is 47.4 Å². The molecule has 0 atom stereocenters. The summed E-state index contributed by atoms with van der Waals surface area (Å²) in [6.07, 6.45) is 5.31. The number of nitrogens with zero attached hydrogens (tertiary/aromatic N) is 4. The molecule has 29 heavy (non-hydrogen) atoms. The molecule has 0 spiro atoms. The molecule has 146 valence electrons. The van der Waals surface area contributed by atoms with Crippen molar-refractivity contribution in [2.75, 3.05) is 5.32 Å². The second kappa shape index (κ2) is 8.62. The zero-order valence-corrected chi connectivity index (χ0v) is 16.2. The van der Waals surface area contributed by atoms with Gasteiger partial charge in [-0.05, 0) is 48.0 Å². The Kier molecular flexibility index (Phi) is 5.58. The first-order chi connectivity index (χ1) is 14.2. The molecule has 4 aromatic rings. The van der Waals surface area contributed by atoms with Crippen LogP contribution in [0.2, 0.25) is 5.02 Å². The Balaban J connectivity index is 1.36. The molecule has 0 saturated carbocycles. The Hall–Kier alpha value is -3.58. The largest absolute Gasteiger partial charge is 0.471 e. The highest BCUT2D eigenvalue weighted by Crippen LogP contribution is 2.17. The standard InChI is InChI=1S/C21H18ClN5O2/c22-17-5-2-7-19(13-17)29-15-27-11-8-20(25-27)21(28)24-18-6-1-4-16(12-18)14-26-10-3-9-23-26/h1-13H,14-15H2,(H,24,28). The minimum Gasteiger partial charge on any atom is -0.471 e. The fraction of sp³-hybridized carbons (Fsp3) is 0.0952. The van der Waals surface area contributed by atoms with Crippen LogP contribution in [0.5, 0.6) is 5.75 Å². The van der Waals surface area contributed by atoms with Crippen molar-refractivity contribution in [2.24, 2.45) is 0 Å². The van der Waals surface area contributed by atoms with E-state index in [-0.39, 0.29) is 12.6 Å². The normalized spacial score (nSPS) is 10.7. The van der Waals surface area contributed by atoms with Crippen LogP contribution < -0.4 is 10.1 Å². The average molecular weight is 408 g/mol. The second-order valence-corrected chi connectivity index (χ2v) is 6.77. The van der Waals surface area contributed by atoms with Gasteiger partial charge in [0, 0.05) is 29.3 Å². The minimum absolute atomic E-state index is 0.174. The van der Waals surface area contributed by atoms with Gasteiger partial charge in [0.25, 0.3) is 5.91 Å². The van der Waals surface area contributed by atoms with E-state index in [9.17, 15) is 4.79 Å². The highest BCUT2D eigenvalue weighted by Gasteiger charge is 2.10. The maximum atomic E-state index is 12.5. The number of amides is 1. The molecular formula is C21H18ClN5O2. The van der Waals surface area contributed by atoms with Crippen molar-refractivity contribution in [3.63, 3.8) is 0 Å². The number of rotatable bonds is 7. The van der Waals surface area contributed by atoms with Crippen molar-refractivity contribution in [2.45, 2.75) is 13.3 Å². The molecule has 0 aliphatic rings. The zero-order chi connectivity index (χ0) is 20.1. The van der Waals surface area contributed by atoms with Crippen LogP contribution in [0.25, 0.3) is 0 Å². The number of hydrogen-bond donors (Lipinski definition) is 1. The predicted octanol–water partition coefficient (Wildman–Crippen LogP) is 4.07. The van der Waals surface area contributed by atoms with Gasteiger partial charge in [0.15, 0.2) is 12.4 Å². The number of ether oxygens (including phenoxy) is 1. The van der Waals surface area contributed by atoms with Gasteiger partial charge < -0.3 is 10.1 Å². The Bertz CT molecular complexity index is 1110. The van der Waals surface area contributed by atoms with Crippen LogP contribution in [-0.2, 0) is 13.3 Å². The molecule has 7 nitrogen and oxygen atoms in total. The predicted molar refractivity (Wildman–Crippen MR) is 110 cm³/mol. The average Bonchev–Trinajstić information content (AvgIpc) is 3.39. The summed E-state index contributed by atoms with van der Waals surface area (Å²) in [5.41, 5.74) is 2.04. The van der Waals surface area contributed by atoms with Crippen LogP contribution in [0.1, 0.15) is 16.1 Å². The number of benzene rings is 2. The molecule has 0 unspecified atom stereocenters. The van der Waals surface area contributed by atoms with Gasteiger partial charge in [-0.2, -0.15) is 10.2 Å². The summed E-state index contributed by atoms with van der Waals surface area (Å²) < 4.78 is 8.99. The van der Waals surface area contributed by atoms with Crippen molar-refractivity contribution in [3.05, 3.63) is 95.5 Å². The number of hydrogen-bond acceptors (Lipinski definition) is 4. The van der Waals surface area contributed by atoms with Gasteiger partial charge in [0.1, 0.15) is 5.75 Å². The summed E-state index contributed by atoms with van der Waals surface area (Å²) in [5.74, 6) is 0.343. The Morgan fingerprint density at radius 1 is 1.03 bits per heavy atom. The molecule has 2 heterocycles. The summed E-state index contributed by atoms with van der Waals surface area (Å²) in [4.78, 5) is 12.5. The summed E-state index contributed by atoms with van der Waals surface area (Å²) in [5, 5.41) is 11.9. The van der Waals surface area contributed by atoms with E-state index >= 15 is 0 Å². The third-order valence-corrected chi connectivity index (χ3v) is 4.36. The summed E-state index contributed by atoms with van der Waals surface area (Å²) in [6, 6.07) is 18.2. The van der Waals surface area contributed by atoms with Gasteiger partial charge in [-0.15, -0.1) is 0 Å². The molecule has 0 radical (unpaired) electrons. The molecule has 4 rings (SSSR count). The van der Waals surface area contributed by atoms with E-state index in [0.29, 0.717) is 28.7 Å². The molecule has 0 aliphatic heterocycles. The van der Waals surface area contributed by atoms with Gasteiger partial charge in [0.2, 0.25) is 0 Å². The lowest BCUT2D eigenvalue weighted by Gasteiger charge is -2.07. The summed E-state index contributed by atoms with van der Waals surface area (Å²) >= 11 is 5.94. The Morgan fingerprint density at radius 2 is 1.93 bits per heavy atom. The smallest absolute Gasteiger partial charge is 0.276 e. The summed E-state index contributed by atoms with van der Waals surface area (Å²) in [6.45, 7) is 0.805. The lowest BCUT2D eigenvalue weighted by Crippen LogP contribution is -2.14. The fourth-order valence-electron chi connectivity index (χ4n) is 2.78. The molecule has 2 aromatic carbocycles. The third kappa shape index (κ3) is 5.03. The van der Waals surface area contributed by atoms with Crippen molar-refractivity contribution in [1.29, 1.82) is 0 Å². The monoisotopic (exact) mass is 407 g/mol. The molecule has 0 bridgehead atoms. The summed E-state index contributed by atoms with van der Waals surface area (Å²) in [7, 11) is 0. The molecule has 1 N–H and O–H groups in total. The number of carbonyl (C=O) groups excluding carboxylic acids is 1. The number of halogens is 1. The molecule has 1 amide bonds.